The molecule has 0 aliphatic carbocycles. The molecule has 0 saturated carbocycles. The van der Waals surface area contributed by atoms with Crippen LogP contribution >= 0.6 is 0 Å². The van der Waals surface area contributed by atoms with Crippen LogP contribution in [0, 0.1) is 16.0 Å². The largest absolute Gasteiger partial charge is 0.480 e. The molecule has 2 N–H and O–H groups in total. The second-order valence-electron chi connectivity index (χ2n) is 4.29. The average Bonchev–Trinajstić information content (AvgIpc) is 2.27. The van der Waals surface area contributed by atoms with Crippen molar-refractivity contribution in [1.29, 1.82) is 0 Å². The third-order valence-electron chi connectivity index (χ3n) is 2.30. The lowest BCUT2D eigenvalue weighted by molar-refractivity contribution is -0.384. The Balaban J connectivity index is 2.93. The van der Waals surface area contributed by atoms with Crippen molar-refractivity contribution in [2.45, 2.75) is 26.3 Å². The first-order valence-corrected chi connectivity index (χ1v) is 5.50. The predicted molar refractivity (Wildman–Crippen MR) is 65.4 cm³/mol. The maximum atomic E-state index is 11.1. The smallest absolute Gasteiger partial charge is 0.326 e. The summed E-state index contributed by atoms with van der Waals surface area (Å²) in [6.07, 6.45) is 1.74. The summed E-state index contributed by atoms with van der Waals surface area (Å²) in [4.78, 5) is 25.1. The van der Waals surface area contributed by atoms with E-state index in [1.165, 1.54) is 18.3 Å². The Bertz CT molecular complexity index is 448. The van der Waals surface area contributed by atoms with Crippen LogP contribution in [0.15, 0.2) is 18.3 Å². The maximum absolute atomic E-state index is 11.1. The number of rotatable bonds is 6. The molecule has 18 heavy (non-hydrogen) atoms. The number of carboxylic acid groups (broad SMARTS) is 1. The number of aliphatic carboxylic acids is 1. The van der Waals surface area contributed by atoms with Crippen molar-refractivity contribution in [1.82, 2.24) is 4.98 Å². The molecule has 1 rings (SSSR count). The lowest BCUT2D eigenvalue weighted by Gasteiger charge is -2.16. The maximum Gasteiger partial charge on any atom is 0.326 e. The molecule has 0 fully saturated rings. The number of carbonyl (C=O) groups is 1. The van der Waals surface area contributed by atoms with Gasteiger partial charge in [-0.2, -0.15) is 0 Å². The molecule has 98 valence electrons. The number of carboxylic acids is 1. The Morgan fingerprint density at radius 2 is 2.28 bits per heavy atom. The zero-order valence-electron chi connectivity index (χ0n) is 10.2. The van der Waals surface area contributed by atoms with E-state index in [0.717, 1.165) is 0 Å². The summed E-state index contributed by atoms with van der Waals surface area (Å²) in [7, 11) is 0. The normalized spacial score (nSPS) is 12.2. The second-order valence-corrected chi connectivity index (χ2v) is 4.29. The quantitative estimate of drug-likeness (QED) is 0.592. The topological polar surface area (TPSA) is 105 Å². The molecule has 0 saturated heterocycles. The van der Waals surface area contributed by atoms with Crippen LogP contribution in [0.2, 0.25) is 0 Å². The molecule has 1 unspecified atom stereocenters. The molecule has 7 nitrogen and oxygen atoms in total. The lowest BCUT2D eigenvalue weighted by atomic mass is 10.0. The van der Waals surface area contributed by atoms with Gasteiger partial charge in [-0.05, 0) is 18.4 Å². The zero-order valence-corrected chi connectivity index (χ0v) is 10.2. The summed E-state index contributed by atoms with van der Waals surface area (Å²) in [6.45, 7) is 3.76. The highest BCUT2D eigenvalue weighted by Crippen LogP contribution is 2.22. The van der Waals surface area contributed by atoms with Crippen LogP contribution in [0.5, 0.6) is 0 Å². The van der Waals surface area contributed by atoms with Gasteiger partial charge in [-0.1, -0.05) is 13.8 Å². The summed E-state index contributed by atoms with van der Waals surface area (Å²) in [5.74, 6) is -0.916. The third kappa shape index (κ3) is 3.69. The summed E-state index contributed by atoms with van der Waals surface area (Å²) in [5, 5.41) is 22.4. The first-order chi connectivity index (χ1) is 8.41. The van der Waals surface area contributed by atoms with E-state index < -0.39 is 16.9 Å². The van der Waals surface area contributed by atoms with Gasteiger partial charge in [0.05, 0.1) is 4.92 Å². The van der Waals surface area contributed by atoms with Gasteiger partial charge in [-0.15, -0.1) is 0 Å². The van der Waals surface area contributed by atoms with Crippen molar-refractivity contribution in [2.24, 2.45) is 5.92 Å². The van der Waals surface area contributed by atoms with Crippen molar-refractivity contribution in [3.63, 3.8) is 0 Å². The monoisotopic (exact) mass is 253 g/mol. The Hall–Kier alpha value is -2.18. The van der Waals surface area contributed by atoms with E-state index in [1.807, 2.05) is 13.8 Å². The number of nitrogens with zero attached hydrogens (tertiary/aromatic N) is 2. The fraction of sp³-hybridized carbons (Fsp3) is 0.455. The SMILES string of the molecule is CC(C)CC(Nc1ncccc1[N+](=O)[O-])C(=O)O. The van der Waals surface area contributed by atoms with E-state index in [4.69, 9.17) is 5.11 Å². The van der Waals surface area contributed by atoms with Crippen molar-refractivity contribution < 1.29 is 14.8 Å². The molecule has 0 radical (unpaired) electrons. The number of aromatic nitrogens is 1. The van der Waals surface area contributed by atoms with Crippen LogP contribution in [0.3, 0.4) is 0 Å². The zero-order chi connectivity index (χ0) is 13.7. The highest BCUT2D eigenvalue weighted by Gasteiger charge is 2.23. The summed E-state index contributed by atoms with van der Waals surface area (Å²) in [5.41, 5.74) is -0.229. The predicted octanol–water partition coefficient (Wildman–Crippen LogP) is 1.90. The molecular formula is C11H15N3O4. The van der Waals surface area contributed by atoms with Crippen molar-refractivity contribution >= 4 is 17.5 Å². The van der Waals surface area contributed by atoms with Crippen LogP contribution in [0.25, 0.3) is 0 Å². The number of nitrogens with one attached hydrogen (secondary N) is 1. The second kappa shape index (κ2) is 5.95. The highest BCUT2D eigenvalue weighted by molar-refractivity contribution is 5.78. The average molecular weight is 253 g/mol. The van der Waals surface area contributed by atoms with Gasteiger partial charge in [0.25, 0.3) is 0 Å². The molecule has 0 aliphatic rings. The van der Waals surface area contributed by atoms with Gasteiger partial charge in [-0.25, -0.2) is 9.78 Å². The molecule has 1 heterocycles. The van der Waals surface area contributed by atoms with Crippen LogP contribution in [-0.2, 0) is 4.79 Å². The van der Waals surface area contributed by atoms with Crippen LogP contribution in [-0.4, -0.2) is 27.0 Å². The Morgan fingerprint density at radius 1 is 1.61 bits per heavy atom. The minimum Gasteiger partial charge on any atom is -0.480 e. The van der Waals surface area contributed by atoms with E-state index in [2.05, 4.69) is 10.3 Å². The summed E-state index contributed by atoms with van der Waals surface area (Å²) < 4.78 is 0. The summed E-state index contributed by atoms with van der Waals surface area (Å²) in [6, 6.07) is 1.82. The van der Waals surface area contributed by atoms with Crippen molar-refractivity contribution in [2.75, 3.05) is 5.32 Å². The first kappa shape index (κ1) is 13.9. The number of hydrogen-bond acceptors (Lipinski definition) is 5. The van der Waals surface area contributed by atoms with Gasteiger partial charge in [0, 0.05) is 12.3 Å². The molecule has 1 aromatic rings. The van der Waals surface area contributed by atoms with Gasteiger partial charge in [-0.3, -0.25) is 10.1 Å². The fourth-order valence-corrected chi connectivity index (χ4v) is 1.51. The molecule has 0 aliphatic heterocycles. The van der Waals surface area contributed by atoms with E-state index in [9.17, 15) is 14.9 Å². The van der Waals surface area contributed by atoms with Gasteiger partial charge >= 0.3 is 11.7 Å². The Kier molecular flexibility index (Phi) is 4.59. The van der Waals surface area contributed by atoms with Crippen LogP contribution < -0.4 is 5.32 Å². The fourth-order valence-electron chi connectivity index (χ4n) is 1.51. The van der Waals surface area contributed by atoms with Gasteiger partial charge in [0.2, 0.25) is 5.82 Å². The number of nitro groups is 1. The van der Waals surface area contributed by atoms with E-state index in [1.54, 1.807) is 0 Å². The van der Waals surface area contributed by atoms with Gasteiger partial charge in [0.1, 0.15) is 6.04 Å². The number of pyridine rings is 1. The van der Waals surface area contributed by atoms with Crippen LogP contribution in [0.4, 0.5) is 11.5 Å². The van der Waals surface area contributed by atoms with Crippen LogP contribution in [0.1, 0.15) is 20.3 Å². The molecule has 0 bridgehead atoms. The van der Waals surface area contributed by atoms with E-state index in [0.29, 0.717) is 6.42 Å². The molecular weight excluding hydrogens is 238 g/mol. The van der Waals surface area contributed by atoms with Gasteiger partial charge in [0.15, 0.2) is 0 Å². The Labute approximate surface area is 104 Å². The first-order valence-electron chi connectivity index (χ1n) is 5.50. The molecule has 7 heteroatoms. The number of hydrogen-bond donors (Lipinski definition) is 2. The van der Waals surface area contributed by atoms with Crippen molar-refractivity contribution in [3.8, 4) is 0 Å². The minimum atomic E-state index is -1.05. The minimum absolute atomic E-state index is 0.0180. The lowest BCUT2D eigenvalue weighted by Crippen LogP contribution is -2.31. The molecule has 0 spiro atoms. The van der Waals surface area contributed by atoms with Gasteiger partial charge < -0.3 is 10.4 Å². The molecule has 1 aromatic heterocycles. The van der Waals surface area contributed by atoms with E-state index in [-0.39, 0.29) is 17.4 Å². The number of anilines is 1. The van der Waals surface area contributed by atoms with E-state index >= 15 is 0 Å². The third-order valence-corrected chi connectivity index (χ3v) is 2.30. The molecule has 1 atom stereocenters. The molecule has 0 amide bonds. The molecule has 0 aromatic carbocycles. The van der Waals surface area contributed by atoms with Crippen molar-refractivity contribution in [3.05, 3.63) is 28.4 Å². The standard InChI is InChI=1S/C11H15N3O4/c1-7(2)6-8(11(15)16)13-10-9(14(17)18)4-3-5-12-10/h3-5,7-8H,6H2,1-2H3,(H,12,13)(H,15,16). The highest BCUT2D eigenvalue weighted by atomic mass is 16.6. The summed E-state index contributed by atoms with van der Waals surface area (Å²) >= 11 is 0. The Morgan fingerprint density at radius 3 is 2.78 bits per heavy atom.